The third kappa shape index (κ3) is 5.56. The number of unbranched alkanes of at least 4 members (excludes halogenated alkanes) is 1. The number of halogens is 1. The number of carbonyl (C=O) groups is 1. The van der Waals surface area contributed by atoms with E-state index in [1.54, 1.807) is 6.20 Å². The molecule has 0 saturated carbocycles. The average molecular weight is 535 g/mol. The fourth-order valence-electron chi connectivity index (χ4n) is 7.12. The van der Waals surface area contributed by atoms with Gasteiger partial charge >= 0.3 is 6.17 Å². The molecular formula is C28H51FN8O+2. The molecule has 0 aromatic carbocycles. The van der Waals surface area contributed by atoms with Crippen molar-refractivity contribution in [1.82, 2.24) is 26.3 Å². The maximum Gasteiger partial charge on any atom is 0.316 e. The summed E-state index contributed by atoms with van der Waals surface area (Å²) in [6.45, 7) is 15.5. The number of hydrogen-bond donors (Lipinski definition) is 5. The molecule has 214 valence electrons. The van der Waals surface area contributed by atoms with Crippen LogP contribution in [-0.2, 0) is 4.79 Å². The number of allylic oxidation sites excluding steroid dienone is 1. The maximum atomic E-state index is 14.8. The molecule has 4 aliphatic rings. The molecule has 0 aromatic heterocycles. The van der Waals surface area contributed by atoms with E-state index in [1.165, 1.54) is 17.5 Å². The van der Waals surface area contributed by atoms with Gasteiger partial charge in [-0.2, -0.15) is 13.6 Å². The first kappa shape index (κ1) is 29.1. The second-order valence-corrected chi connectivity index (χ2v) is 11.4. The summed E-state index contributed by atoms with van der Waals surface area (Å²) in [6.07, 6.45) is 7.74. The van der Waals surface area contributed by atoms with Crippen molar-refractivity contribution in [2.45, 2.75) is 91.3 Å². The van der Waals surface area contributed by atoms with Crippen molar-refractivity contribution in [3.05, 3.63) is 23.3 Å². The smallest absolute Gasteiger partial charge is 0.316 e. The van der Waals surface area contributed by atoms with E-state index in [1.807, 2.05) is 11.5 Å². The number of nitrogens with two attached hydrogens (primary N) is 1. The summed E-state index contributed by atoms with van der Waals surface area (Å²) in [7, 11) is 0. The summed E-state index contributed by atoms with van der Waals surface area (Å²) in [5.41, 5.74) is 12.8. The molecule has 2 saturated heterocycles. The molecular weight excluding hydrogens is 483 g/mol. The monoisotopic (exact) mass is 534 g/mol. The van der Waals surface area contributed by atoms with Gasteiger partial charge in [-0.05, 0) is 44.6 Å². The molecule has 2 fully saturated rings. The predicted molar refractivity (Wildman–Crippen MR) is 149 cm³/mol. The second-order valence-electron chi connectivity index (χ2n) is 11.4. The number of hydrogen-bond acceptors (Lipinski definition) is 6. The van der Waals surface area contributed by atoms with Gasteiger partial charge in [0, 0.05) is 31.9 Å². The lowest BCUT2D eigenvalue weighted by atomic mass is 9.86. The average Bonchev–Trinajstić information content (AvgIpc) is 3.45. The normalized spacial score (nSPS) is 34.2. The Morgan fingerprint density at radius 2 is 2.11 bits per heavy atom. The first-order chi connectivity index (χ1) is 18.3. The fraction of sp³-hybridized carbons (Fsp3) is 0.786. The minimum atomic E-state index is -0.583. The van der Waals surface area contributed by atoms with Crippen molar-refractivity contribution >= 4 is 12.1 Å². The summed E-state index contributed by atoms with van der Waals surface area (Å²) in [5.74, 6) is -0.391. The van der Waals surface area contributed by atoms with Crippen LogP contribution in [0.5, 0.6) is 0 Å². The van der Waals surface area contributed by atoms with E-state index in [2.05, 4.69) is 54.0 Å². The molecule has 0 aliphatic carbocycles. The van der Waals surface area contributed by atoms with Crippen molar-refractivity contribution in [2.75, 3.05) is 39.3 Å². The van der Waals surface area contributed by atoms with Crippen molar-refractivity contribution in [3.63, 3.8) is 0 Å². The molecule has 1 amide bonds. The van der Waals surface area contributed by atoms with Crippen LogP contribution in [0.4, 0.5) is 4.39 Å². The number of quaternary nitrogens is 1. The Kier molecular flexibility index (Phi) is 9.62. The molecule has 4 heterocycles. The van der Waals surface area contributed by atoms with Crippen LogP contribution in [0.3, 0.4) is 0 Å². The lowest BCUT2D eigenvalue weighted by molar-refractivity contribution is -1.01. The van der Waals surface area contributed by atoms with Crippen molar-refractivity contribution < 1.29 is 18.4 Å². The lowest BCUT2D eigenvalue weighted by Crippen LogP contribution is -2.63. The van der Waals surface area contributed by atoms with E-state index in [4.69, 9.17) is 5.73 Å². The van der Waals surface area contributed by atoms with Gasteiger partial charge in [-0.15, -0.1) is 5.43 Å². The Morgan fingerprint density at radius 3 is 2.74 bits per heavy atom. The van der Waals surface area contributed by atoms with E-state index in [-0.39, 0.29) is 34.7 Å². The zero-order valence-corrected chi connectivity index (χ0v) is 24.1. The highest BCUT2D eigenvalue weighted by molar-refractivity contribution is 5.81. The molecule has 7 atom stereocenters. The zero-order valence-electron chi connectivity index (χ0n) is 24.1. The quantitative estimate of drug-likeness (QED) is 0.205. The van der Waals surface area contributed by atoms with Crippen LogP contribution in [0.2, 0.25) is 0 Å². The van der Waals surface area contributed by atoms with Gasteiger partial charge in [0.15, 0.2) is 12.1 Å². The van der Waals surface area contributed by atoms with Crippen LogP contribution in [0.25, 0.3) is 0 Å². The van der Waals surface area contributed by atoms with E-state index < -0.39 is 12.1 Å². The molecule has 10 heteroatoms. The molecule has 0 spiro atoms. The first-order valence-corrected chi connectivity index (χ1v) is 14.9. The minimum Gasteiger partial charge on any atom is -0.357 e. The molecule has 0 aromatic rings. The van der Waals surface area contributed by atoms with Crippen LogP contribution >= 0.6 is 0 Å². The Balaban J connectivity index is 1.66. The molecule has 38 heavy (non-hydrogen) atoms. The van der Waals surface area contributed by atoms with Gasteiger partial charge in [-0.1, -0.05) is 33.6 Å². The highest BCUT2D eigenvalue weighted by atomic mass is 19.1. The SMILES string of the molecule is CCCC[N+]12C=C(F)C=[N+](CC)C1C(C(=O)NC1CNCC(C(CC)CCC)=C1N1CCNC1C)C(N)N2. The summed E-state index contributed by atoms with van der Waals surface area (Å²) >= 11 is 0. The van der Waals surface area contributed by atoms with E-state index >= 15 is 0 Å². The van der Waals surface area contributed by atoms with Crippen molar-refractivity contribution in [1.29, 1.82) is 0 Å². The van der Waals surface area contributed by atoms with Crippen LogP contribution in [0.1, 0.15) is 66.7 Å². The molecule has 0 bridgehead atoms. The highest BCUT2D eigenvalue weighted by Gasteiger charge is 2.63. The predicted octanol–water partition coefficient (Wildman–Crippen LogP) is 1.70. The first-order valence-electron chi connectivity index (χ1n) is 14.9. The number of nitrogens with one attached hydrogen (secondary N) is 4. The number of nitrogens with zero attached hydrogens (tertiary/aromatic N) is 3. The van der Waals surface area contributed by atoms with E-state index in [9.17, 15) is 9.18 Å². The second kappa shape index (κ2) is 12.6. The van der Waals surface area contributed by atoms with Gasteiger partial charge in [0.05, 0.1) is 12.2 Å². The Bertz CT molecular complexity index is 951. The molecule has 7 unspecified atom stereocenters. The van der Waals surface area contributed by atoms with Gasteiger partial charge in [-0.3, -0.25) is 10.1 Å². The van der Waals surface area contributed by atoms with E-state index in [0.29, 0.717) is 25.6 Å². The molecule has 4 aliphatic heterocycles. The Hall–Kier alpha value is -1.85. The van der Waals surface area contributed by atoms with Gasteiger partial charge in [-0.25, -0.2) is 0 Å². The third-order valence-electron chi connectivity index (χ3n) is 8.93. The van der Waals surface area contributed by atoms with Crippen LogP contribution in [0, 0.1) is 11.8 Å². The number of rotatable bonds is 11. The van der Waals surface area contributed by atoms with Crippen LogP contribution < -0.4 is 27.1 Å². The summed E-state index contributed by atoms with van der Waals surface area (Å²) in [5, 5.41) is 10.6. The van der Waals surface area contributed by atoms with E-state index in [0.717, 1.165) is 51.7 Å². The number of carbonyl (C=O) groups excluding carboxylic acids is 1. The zero-order chi connectivity index (χ0) is 27.4. The van der Waals surface area contributed by atoms with Gasteiger partial charge < -0.3 is 21.3 Å². The van der Waals surface area contributed by atoms with Gasteiger partial charge in [0.25, 0.3) is 0 Å². The molecule has 0 radical (unpaired) electrons. The van der Waals surface area contributed by atoms with Crippen LogP contribution in [-0.4, -0.2) is 90.0 Å². The third-order valence-corrected chi connectivity index (χ3v) is 8.93. The van der Waals surface area contributed by atoms with Gasteiger partial charge in [0.1, 0.15) is 19.3 Å². The largest absolute Gasteiger partial charge is 0.357 e. The highest BCUT2D eigenvalue weighted by Crippen LogP contribution is 2.35. The number of amides is 1. The van der Waals surface area contributed by atoms with Crippen molar-refractivity contribution in [2.24, 2.45) is 17.6 Å². The summed E-state index contributed by atoms with van der Waals surface area (Å²) in [6, 6.07) is -0.139. The molecule has 9 nitrogen and oxygen atoms in total. The standard InChI is InChI=1S/C28H50FN8O/c1-6-10-14-37-18-21(29)17-35(9-4)28(37)24(26(30)34-37)27(38)33-23-16-31-15-22(20(8-3)11-7-2)25(23)36-13-12-32-19(36)5/h17-20,23-24,26,28,31-32,34H,6-16,30H2,1-5H3/q+1/p+1. The minimum absolute atomic E-state index is 0.0667. The van der Waals surface area contributed by atoms with Crippen molar-refractivity contribution in [3.8, 4) is 0 Å². The summed E-state index contributed by atoms with van der Waals surface area (Å²) in [4.78, 5) is 16.6. The topological polar surface area (TPSA) is 97.5 Å². The fourth-order valence-corrected chi connectivity index (χ4v) is 7.12. The Morgan fingerprint density at radius 1 is 1.32 bits per heavy atom. The molecule has 6 N–H and O–H groups in total. The number of fused-ring (bicyclic) bond motifs is 1. The lowest BCUT2D eigenvalue weighted by Gasteiger charge is -2.40. The Labute approximate surface area is 228 Å². The molecule has 4 rings (SSSR count). The van der Waals surface area contributed by atoms with Gasteiger partial charge in [0.2, 0.25) is 17.9 Å². The maximum absolute atomic E-state index is 14.8. The summed E-state index contributed by atoms with van der Waals surface area (Å²) < 4.78 is 16.9. The van der Waals surface area contributed by atoms with Crippen LogP contribution in [0.15, 0.2) is 23.3 Å².